The highest BCUT2D eigenvalue weighted by Crippen LogP contribution is 2.32. The molecule has 0 saturated heterocycles. The summed E-state index contributed by atoms with van der Waals surface area (Å²) in [6.45, 7) is 6.03. The summed E-state index contributed by atoms with van der Waals surface area (Å²) in [6.07, 6.45) is 1.20. The summed E-state index contributed by atoms with van der Waals surface area (Å²) in [7, 11) is 0. The van der Waals surface area contributed by atoms with Crippen LogP contribution in [0.15, 0.2) is 42.5 Å². The number of hydrogen-bond donors (Lipinski definition) is 3. The highest BCUT2D eigenvalue weighted by Gasteiger charge is 2.19. The predicted molar refractivity (Wildman–Crippen MR) is 102 cm³/mol. The Hall–Kier alpha value is -2.53. The maximum atomic E-state index is 11.7. The molecule has 138 valence electrons. The van der Waals surface area contributed by atoms with Gasteiger partial charge in [0.05, 0.1) is 5.60 Å². The average molecular weight is 354 g/mol. The molecule has 3 rings (SSSR count). The number of hydrogen-bond acceptors (Lipinski definition) is 3. The van der Waals surface area contributed by atoms with Gasteiger partial charge in [-0.2, -0.15) is 0 Å². The maximum Gasteiger partial charge on any atom is 0.315 e. The molecule has 0 bridgehead atoms. The van der Waals surface area contributed by atoms with Gasteiger partial charge in [-0.25, -0.2) is 4.79 Å². The molecule has 0 aliphatic carbocycles. The molecular weight excluding hydrogens is 328 g/mol. The van der Waals surface area contributed by atoms with E-state index in [1.54, 1.807) is 13.8 Å². The molecule has 5 heteroatoms. The second-order valence-corrected chi connectivity index (χ2v) is 7.50. The van der Waals surface area contributed by atoms with Crippen molar-refractivity contribution < 1.29 is 14.6 Å². The Bertz CT molecular complexity index is 779. The first-order valence-corrected chi connectivity index (χ1v) is 8.93. The lowest BCUT2D eigenvalue weighted by Crippen LogP contribution is -2.43. The first-order valence-electron chi connectivity index (χ1n) is 8.93. The highest BCUT2D eigenvalue weighted by atomic mass is 16.5. The van der Waals surface area contributed by atoms with Crippen LogP contribution in [0.5, 0.6) is 5.75 Å². The Morgan fingerprint density at radius 2 is 1.85 bits per heavy atom. The third-order valence-electron chi connectivity index (χ3n) is 4.32. The van der Waals surface area contributed by atoms with Gasteiger partial charge in [-0.15, -0.1) is 0 Å². The first-order chi connectivity index (χ1) is 12.3. The summed E-state index contributed by atoms with van der Waals surface area (Å²) >= 11 is 0. The number of benzene rings is 2. The zero-order valence-electron chi connectivity index (χ0n) is 15.5. The number of fused-ring (bicyclic) bond motifs is 1. The van der Waals surface area contributed by atoms with Gasteiger partial charge in [0, 0.05) is 19.5 Å². The van der Waals surface area contributed by atoms with Crippen molar-refractivity contribution in [2.75, 3.05) is 6.54 Å². The molecule has 0 saturated carbocycles. The van der Waals surface area contributed by atoms with Crippen LogP contribution in [0.1, 0.15) is 31.9 Å². The number of aliphatic hydroxyl groups is 1. The number of nitrogens with one attached hydrogen (secondary N) is 2. The van der Waals surface area contributed by atoms with Crippen molar-refractivity contribution in [2.45, 2.75) is 45.4 Å². The highest BCUT2D eigenvalue weighted by molar-refractivity contribution is 5.74. The molecule has 0 radical (unpaired) electrons. The van der Waals surface area contributed by atoms with Crippen molar-refractivity contribution in [2.24, 2.45) is 0 Å². The largest absolute Gasteiger partial charge is 0.490 e. The topological polar surface area (TPSA) is 70.6 Å². The molecule has 2 amide bonds. The fraction of sp³-hybridized carbons (Fsp3) is 0.381. The van der Waals surface area contributed by atoms with E-state index in [-0.39, 0.29) is 18.7 Å². The first kappa shape index (κ1) is 18.3. The summed E-state index contributed by atoms with van der Waals surface area (Å²) < 4.78 is 5.75. The molecule has 1 aliphatic rings. The summed E-state index contributed by atoms with van der Waals surface area (Å²) in [5, 5.41) is 15.1. The molecule has 0 spiro atoms. The Labute approximate surface area is 154 Å². The van der Waals surface area contributed by atoms with E-state index in [0.29, 0.717) is 6.54 Å². The molecule has 5 nitrogen and oxygen atoms in total. The normalized spacial score (nSPS) is 15.9. The van der Waals surface area contributed by atoms with Crippen LogP contribution < -0.4 is 15.4 Å². The molecule has 1 aliphatic heterocycles. The van der Waals surface area contributed by atoms with Crippen LogP contribution in [0.3, 0.4) is 0 Å². The van der Waals surface area contributed by atoms with Gasteiger partial charge in [0.25, 0.3) is 0 Å². The Kier molecular flexibility index (Phi) is 5.18. The van der Waals surface area contributed by atoms with Crippen molar-refractivity contribution in [3.8, 4) is 16.9 Å². The van der Waals surface area contributed by atoms with Crippen LogP contribution >= 0.6 is 0 Å². The van der Waals surface area contributed by atoms with Crippen LogP contribution in [0.4, 0.5) is 4.79 Å². The van der Waals surface area contributed by atoms with Crippen molar-refractivity contribution in [3.63, 3.8) is 0 Å². The van der Waals surface area contributed by atoms with E-state index in [4.69, 9.17) is 4.74 Å². The van der Waals surface area contributed by atoms with E-state index in [2.05, 4.69) is 41.8 Å². The Morgan fingerprint density at radius 1 is 1.15 bits per heavy atom. The smallest absolute Gasteiger partial charge is 0.315 e. The number of carbonyl (C=O) groups excluding carboxylic acids is 1. The number of carbonyl (C=O) groups is 1. The third kappa shape index (κ3) is 4.76. The van der Waals surface area contributed by atoms with Gasteiger partial charge in [-0.1, -0.05) is 30.3 Å². The fourth-order valence-corrected chi connectivity index (χ4v) is 2.96. The van der Waals surface area contributed by atoms with Crippen molar-refractivity contribution >= 4 is 6.03 Å². The van der Waals surface area contributed by atoms with Gasteiger partial charge in [-0.3, -0.25) is 0 Å². The van der Waals surface area contributed by atoms with Gasteiger partial charge < -0.3 is 20.5 Å². The monoisotopic (exact) mass is 354 g/mol. The lowest BCUT2D eigenvalue weighted by molar-refractivity contribution is 0.0819. The molecule has 3 N–H and O–H groups in total. The van der Waals surface area contributed by atoms with Crippen LogP contribution in [-0.2, 0) is 13.0 Å². The zero-order chi connectivity index (χ0) is 18.7. The molecule has 0 fully saturated rings. The van der Waals surface area contributed by atoms with Gasteiger partial charge in [-0.05, 0) is 55.2 Å². The lowest BCUT2D eigenvalue weighted by atomic mass is 10.00. The summed E-state index contributed by atoms with van der Waals surface area (Å²) in [6, 6.07) is 14.2. The van der Waals surface area contributed by atoms with E-state index >= 15 is 0 Å². The van der Waals surface area contributed by atoms with Crippen molar-refractivity contribution in [3.05, 3.63) is 53.6 Å². The Morgan fingerprint density at radius 3 is 2.54 bits per heavy atom. The predicted octanol–water partition coefficient (Wildman–Crippen LogP) is 3.25. The van der Waals surface area contributed by atoms with Crippen LogP contribution in [0, 0.1) is 0 Å². The van der Waals surface area contributed by atoms with Crippen molar-refractivity contribution in [1.82, 2.24) is 10.6 Å². The lowest BCUT2D eigenvalue weighted by Gasteiger charge is -2.17. The second kappa shape index (κ2) is 7.38. The van der Waals surface area contributed by atoms with E-state index < -0.39 is 5.60 Å². The van der Waals surface area contributed by atoms with E-state index in [0.717, 1.165) is 23.3 Å². The van der Waals surface area contributed by atoms with Gasteiger partial charge in [0.2, 0.25) is 0 Å². The zero-order valence-corrected chi connectivity index (χ0v) is 15.5. The maximum absolute atomic E-state index is 11.7. The Balaban J connectivity index is 1.57. The quantitative estimate of drug-likeness (QED) is 0.772. The number of amides is 2. The summed E-state index contributed by atoms with van der Waals surface area (Å²) in [4.78, 5) is 11.7. The molecular formula is C21H26N2O3. The standard InChI is InChI=1S/C21H26N2O3/c1-14-10-18-11-17(8-9-19(18)26-14)16-6-4-15(5-7-16)12-22-20(24)23-13-21(2,3)25/h4-9,11,14,25H,10,12-13H2,1-3H3,(H2,22,23,24). The van der Waals surface area contributed by atoms with Gasteiger partial charge in [0.1, 0.15) is 11.9 Å². The van der Waals surface area contributed by atoms with Gasteiger partial charge >= 0.3 is 6.03 Å². The van der Waals surface area contributed by atoms with E-state index in [1.807, 2.05) is 18.2 Å². The van der Waals surface area contributed by atoms with Crippen LogP contribution in [-0.4, -0.2) is 29.4 Å². The number of urea groups is 1. The molecule has 0 aromatic heterocycles. The van der Waals surface area contributed by atoms with Crippen LogP contribution in [0.2, 0.25) is 0 Å². The molecule has 1 heterocycles. The molecule has 26 heavy (non-hydrogen) atoms. The number of ether oxygens (including phenoxy) is 1. The minimum Gasteiger partial charge on any atom is -0.490 e. The van der Waals surface area contributed by atoms with Crippen LogP contribution in [0.25, 0.3) is 11.1 Å². The van der Waals surface area contributed by atoms with Gasteiger partial charge in [0.15, 0.2) is 0 Å². The average Bonchev–Trinajstić information content (AvgIpc) is 2.97. The minimum atomic E-state index is -0.919. The third-order valence-corrected chi connectivity index (χ3v) is 4.32. The molecule has 2 aromatic rings. The van der Waals surface area contributed by atoms with Crippen molar-refractivity contribution in [1.29, 1.82) is 0 Å². The molecule has 1 atom stereocenters. The fourth-order valence-electron chi connectivity index (χ4n) is 2.96. The van der Waals surface area contributed by atoms with E-state index in [1.165, 1.54) is 11.1 Å². The minimum absolute atomic E-state index is 0.207. The second-order valence-electron chi connectivity index (χ2n) is 7.50. The summed E-state index contributed by atoms with van der Waals surface area (Å²) in [5.74, 6) is 0.985. The SMILES string of the molecule is CC1Cc2cc(-c3ccc(CNC(=O)NCC(C)(C)O)cc3)ccc2O1. The molecule has 2 aromatic carbocycles. The molecule has 1 unspecified atom stereocenters. The number of rotatable bonds is 5. The summed E-state index contributed by atoms with van der Waals surface area (Å²) in [5.41, 5.74) is 3.67. The van der Waals surface area contributed by atoms with E-state index in [9.17, 15) is 9.90 Å².